The summed E-state index contributed by atoms with van der Waals surface area (Å²) in [6, 6.07) is 4.03. The number of nitrogens with one attached hydrogen (secondary N) is 1. The van der Waals surface area contributed by atoms with Crippen LogP contribution in [0.3, 0.4) is 0 Å². The van der Waals surface area contributed by atoms with Gasteiger partial charge < -0.3 is 10.2 Å². The summed E-state index contributed by atoms with van der Waals surface area (Å²) in [5.74, 6) is 2.78. The molecule has 0 bridgehead atoms. The quantitative estimate of drug-likeness (QED) is 0.772. The third kappa shape index (κ3) is 3.23. The summed E-state index contributed by atoms with van der Waals surface area (Å²) in [6.07, 6.45) is 15.2. The Kier molecular flexibility index (Phi) is 4.98. The Morgan fingerprint density at radius 1 is 1.13 bits per heavy atom. The molecule has 7 atom stereocenters. The number of hydrogen-bond donors (Lipinski definition) is 1. The SMILES string of the molecule is CN1C(=O)C=C[C@]2(C)[C@H]3CC[C@]4(C)[C@@H](CC(=O)Nc5ccncc5)CC[C@H]4[C@@H]3CC[C@@H]12. The van der Waals surface area contributed by atoms with Crippen LogP contribution in [0.4, 0.5) is 5.69 Å². The van der Waals surface area contributed by atoms with E-state index in [1.54, 1.807) is 12.4 Å². The van der Waals surface area contributed by atoms with Crippen molar-refractivity contribution < 1.29 is 9.59 Å². The molecule has 31 heavy (non-hydrogen) atoms. The van der Waals surface area contributed by atoms with Crippen molar-refractivity contribution in [3.63, 3.8) is 0 Å². The first kappa shape index (κ1) is 20.7. The molecule has 0 aromatic carbocycles. The van der Waals surface area contributed by atoms with Crippen molar-refractivity contribution >= 4 is 17.5 Å². The molecule has 0 saturated heterocycles. The van der Waals surface area contributed by atoms with Gasteiger partial charge in [-0.2, -0.15) is 0 Å². The Bertz CT molecular complexity index is 899. The van der Waals surface area contributed by atoms with Crippen LogP contribution >= 0.6 is 0 Å². The van der Waals surface area contributed by atoms with Crippen LogP contribution in [0.2, 0.25) is 0 Å². The van der Waals surface area contributed by atoms with Crippen LogP contribution in [-0.2, 0) is 9.59 Å². The lowest BCUT2D eigenvalue weighted by Gasteiger charge is -2.60. The van der Waals surface area contributed by atoms with E-state index < -0.39 is 0 Å². The van der Waals surface area contributed by atoms with Gasteiger partial charge in [0.2, 0.25) is 11.8 Å². The number of rotatable bonds is 3. The maximum Gasteiger partial charge on any atom is 0.246 e. The van der Waals surface area contributed by atoms with E-state index in [-0.39, 0.29) is 22.6 Å². The van der Waals surface area contributed by atoms with Gasteiger partial charge in [0.25, 0.3) is 0 Å². The molecule has 1 N–H and O–H groups in total. The topological polar surface area (TPSA) is 62.3 Å². The standard InChI is InChI=1S/C26H35N3O2/c1-25-12-8-21-19(5-7-22-26(21,2)13-9-24(31)29(22)3)20(25)6-4-17(25)16-23(30)28-18-10-14-27-15-11-18/h9-11,13-15,17,19-22H,4-8,12,16H2,1-3H3,(H,27,28,30)/t17-,19+,20+,21+,22-,25-,26-/m1/s1. The average molecular weight is 422 g/mol. The molecule has 5 heteroatoms. The highest BCUT2D eigenvalue weighted by atomic mass is 16.2. The van der Waals surface area contributed by atoms with Gasteiger partial charge in [0.15, 0.2) is 0 Å². The van der Waals surface area contributed by atoms with Crippen LogP contribution in [-0.4, -0.2) is 34.8 Å². The largest absolute Gasteiger partial charge is 0.338 e. The Morgan fingerprint density at radius 3 is 2.68 bits per heavy atom. The predicted octanol–water partition coefficient (Wildman–Crippen LogP) is 4.67. The van der Waals surface area contributed by atoms with Gasteiger partial charge in [0.1, 0.15) is 0 Å². The van der Waals surface area contributed by atoms with E-state index in [1.807, 2.05) is 30.2 Å². The number of pyridine rings is 1. The highest BCUT2D eigenvalue weighted by molar-refractivity contribution is 5.91. The molecule has 4 aliphatic rings. The summed E-state index contributed by atoms with van der Waals surface area (Å²) in [4.78, 5) is 31.1. The summed E-state index contributed by atoms with van der Waals surface area (Å²) >= 11 is 0. The molecule has 2 amide bonds. The lowest BCUT2D eigenvalue weighted by Crippen LogP contribution is -2.59. The molecule has 2 heterocycles. The molecule has 5 rings (SSSR count). The monoisotopic (exact) mass is 421 g/mol. The minimum atomic E-state index is 0.0870. The molecule has 0 spiro atoms. The van der Waals surface area contributed by atoms with Gasteiger partial charge in [-0.1, -0.05) is 19.9 Å². The van der Waals surface area contributed by atoms with Crippen LogP contribution in [0.5, 0.6) is 0 Å². The fourth-order valence-corrected chi connectivity index (χ4v) is 8.05. The van der Waals surface area contributed by atoms with E-state index in [4.69, 9.17) is 0 Å². The number of carbonyl (C=O) groups excluding carboxylic acids is 2. The van der Waals surface area contributed by atoms with Crippen LogP contribution in [0.1, 0.15) is 58.8 Å². The van der Waals surface area contributed by atoms with Crippen molar-refractivity contribution in [2.45, 2.75) is 64.8 Å². The zero-order chi connectivity index (χ0) is 21.8. The molecule has 1 aromatic heterocycles. The van der Waals surface area contributed by atoms with Crippen molar-refractivity contribution in [1.29, 1.82) is 0 Å². The van der Waals surface area contributed by atoms with Gasteiger partial charge in [-0.15, -0.1) is 0 Å². The molecule has 0 radical (unpaired) electrons. The van der Waals surface area contributed by atoms with E-state index in [0.29, 0.717) is 36.1 Å². The maximum atomic E-state index is 12.8. The first-order valence-corrected chi connectivity index (χ1v) is 12.0. The van der Waals surface area contributed by atoms with Crippen molar-refractivity contribution in [1.82, 2.24) is 9.88 Å². The number of aromatic nitrogens is 1. The van der Waals surface area contributed by atoms with Crippen molar-refractivity contribution in [2.75, 3.05) is 12.4 Å². The maximum absolute atomic E-state index is 12.8. The Morgan fingerprint density at radius 2 is 1.90 bits per heavy atom. The fraction of sp³-hybridized carbons (Fsp3) is 0.654. The lowest BCUT2D eigenvalue weighted by molar-refractivity contribution is -0.139. The summed E-state index contributed by atoms with van der Waals surface area (Å²) in [7, 11) is 1.98. The van der Waals surface area contributed by atoms with Gasteiger partial charge in [-0.05, 0) is 85.8 Å². The van der Waals surface area contributed by atoms with E-state index >= 15 is 0 Å². The molecule has 166 valence electrons. The average Bonchev–Trinajstić information content (AvgIpc) is 3.08. The first-order chi connectivity index (χ1) is 14.8. The van der Waals surface area contributed by atoms with Gasteiger partial charge in [-0.25, -0.2) is 0 Å². The number of fused-ring (bicyclic) bond motifs is 5. The lowest BCUT2D eigenvalue weighted by atomic mass is 9.47. The normalized spacial score (nSPS) is 41.3. The summed E-state index contributed by atoms with van der Waals surface area (Å²) in [5, 5.41) is 3.06. The zero-order valence-electron chi connectivity index (χ0n) is 19.0. The number of carbonyl (C=O) groups is 2. The molecule has 3 aliphatic carbocycles. The van der Waals surface area contributed by atoms with E-state index in [2.05, 4.69) is 30.2 Å². The highest BCUT2D eigenvalue weighted by Crippen LogP contribution is 2.65. The Balaban J connectivity index is 1.32. The number of likely N-dealkylation sites (N-methyl/N-ethyl adjacent to an activating group) is 1. The van der Waals surface area contributed by atoms with Crippen molar-refractivity contribution in [2.24, 2.45) is 34.5 Å². The Labute approximate surface area is 185 Å². The number of hydrogen-bond acceptors (Lipinski definition) is 3. The number of amides is 2. The van der Waals surface area contributed by atoms with Crippen LogP contribution in [0.25, 0.3) is 0 Å². The third-order valence-electron chi connectivity index (χ3n) is 9.72. The second-order valence-corrected chi connectivity index (χ2v) is 10.9. The highest BCUT2D eigenvalue weighted by Gasteiger charge is 2.60. The van der Waals surface area contributed by atoms with Crippen molar-refractivity contribution in [3.05, 3.63) is 36.7 Å². The minimum absolute atomic E-state index is 0.0870. The van der Waals surface area contributed by atoms with Gasteiger partial charge >= 0.3 is 0 Å². The number of anilines is 1. The molecule has 0 unspecified atom stereocenters. The summed E-state index contributed by atoms with van der Waals surface area (Å²) in [6.45, 7) is 4.86. The van der Waals surface area contributed by atoms with Gasteiger partial charge in [0.05, 0.1) is 0 Å². The van der Waals surface area contributed by atoms with Crippen LogP contribution in [0, 0.1) is 34.5 Å². The van der Waals surface area contributed by atoms with Crippen LogP contribution in [0.15, 0.2) is 36.7 Å². The minimum Gasteiger partial charge on any atom is -0.338 e. The Hall–Kier alpha value is -2.17. The smallest absolute Gasteiger partial charge is 0.246 e. The molecule has 3 fully saturated rings. The molecule has 5 nitrogen and oxygen atoms in total. The summed E-state index contributed by atoms with van der Waals surface area (Å²) < 4.78 is 0. The zero-order valence-corrected chi connectivity index (χ0v) is 19.0. The van der Waals surface area contributed by atoms with Crippen LogP contribution < -0.4 is 5.32 Å². The summed E-state index contributed by atoms with van der Waals surface area (Å²) in [5.41, 5.74) is 1.17. The third-order valence-corrected chi connectivity index (χ3v) is 9.72. The molecule has 1 aliphatic heterocycles. The fourth-order valence-electron chi connectivity index (χ4n) is 8.05. The van der Waals surface area contributed by atoms with Gasteiger partial charge in [-0.3, -0.25) is 14.6 Å². The molecule has 1 aromatic rings. The molecular weight excluding hydrogens is 386 g/mol. The second-order valence-electron chi connectivity index (χ2n) is 10.9. The number of nitrogens with zero attached hydrogens (tertiary/aromatic N) is 2. The molecule has 3 saturated carbocycles. The van der Waals surface area contributed by atoms with E-state index in [0.717, 1.165) is 18.5 Å². The van der Waals surface area contributed by atoms with Crippen molar-refractivity contribution in [3.8, 4) is 0 Å². The first-order valence-electron chi connectivity index (χ1n) is 12.0. The second kappa shape index (κ2) is 7.46. The molecular formula is C26H35N3O2. The van der Waals surface area contributed by atoms with E-state index in [9.17, 15) is 9.59 Å². The van der Waals surface area contributed by atoms with Gasteiger partial charge in [0, 0.05) is 43.0 Å². The van der Waals surface area contributed by atoms with E-state index in [1.165, 1.54) is 25.7 Å². The predicted molar refractivity (Wildman–Crippen MR) is 121 cm³/mol.